The van der Waals surface area contributed by atoms with Crippen molar-refractivity contribution in [3.8, 4) is 0 Å². The summed E-state index contributed by atoms with van der Waals surface area (Å²) in [5.74, 6) is 0.539. The van der Waals surface area contributed by atoms with Crippen molar-refractivity contribution in [2.45, 2.75) is 18.0 Å². The van der Waals surface area contributed by atoms with Crippen LogP contribution in [0.2, 0.25) is 0 Å². The van der Waals surface area contributed by atoms with Crippen LogP contribution >= 0.6 is 15.9 Å². The molecular weight excluding hydrogens is 348 g/mol. The van der Waals surface area contributed by atoms with E-state index in [-0.39, 0.29) is 16.1 Å². The second kappa shape index (κ2) is 6.08. The second-order valence-corrected chi connectivity index (χ2v) is 6.64. The summed E-state index contributed by atoms with van der Waals surface area (Å²) in [5.41, 5.74) is 0.645. The Balaban J connectivity index is 2.13. The number of aryl methyl sites for hydroxylation is 1. The van der Waals surface area contributed by atoms with Crippen molar-refractivity contribution in [1.82, 2.24) is 19.8 Å². The van der Waals surface area contributed by atoms with E-state index >= 15 is 0 Å². The molecule has 9 heteroatoms. The van der Waals surface area contributed by atoms with Crippen LogP contribution in [-0.4, -0.2) is 25.2 Å². The van der Waals surface area contributed by atoms with Gasteiger partial charge < -0.3 is 9.73 Å². The van der Waals surface area contributed by atoms with Gasteiger partial charge in [-0.3, -0.25) is 4.68 Å². The molecule has 0 spiro atoms. The van der Waals surface area contributed by atoms with E-state index in [1.165, 1.54) is 6.07 Å². The van der Waals surface area contributed by atoms with Crippen molar-refractivity contribution < 1.29 is 12.8 Å². The van der Waals surface area contributed by atoms with E-state index in [1.54, 1.807) is 31.0 Å². The number of furan rings is 1. The number of sulfonamides is 1. The average Bonchev–Trinajstić information content (AvgIpc) is 2.94. The fraction of sp³-hybridized carbons (Fsp3) is 0.364. The van der Waals surface area contributed by atoms with Crippen molar-refractivity contribution in [2.24, 2.45) is 7.05 Å². The first-order valence-corrected chi connectivity index (χ1v) is 8.11. The standard InChI is InChI=1S/C11H15BrN4O3S/c1-13-7-9-5-10(11(12)19-9)20(17,18)14-6-8-3-4-16(2)15-8/h3-5,13-14H,6-7H2,1-2H3. The molecule has 0 aromatic carbocycles. The summed E-state index contributed by atoms with van der Waals surface area (Å²) >= 11 is 3.12. The smallest absolute Gasteiger partial charge is 0.245 e. The van der Waals surface area contributed by atoms with Gasteiger partial charge in [0.15, 0.2) is 4.67 Å². The van der Waals surface area contributed by atoms with E-state index in [4.69, 9.17) is 4.42 Å². The van der Waals surface area contributed by atoms with Gasteiger partial charge in [0, 0.05) is 19.3 Å². The number of nitrogens with one attached hydrogen (secondary N) is 2. The summed E-state index contributed by atoms with van der Waals surface area (Å²) in [6, 6.07) is 3.24. The van der Waals surface area contributed by atoms with Crippen LogP contribution in [0.5, 0.6) is 0 Å². The Morgan fingerprint density at radius 2 is 2.20 bits per heavy atom. The molecule has 0 fully saturated rings. The number of rotatable bonds is 6. The Bertz CT molecular complexity index is 692. The highest BCUT2D eigenvalue weighted by atomic mass is 79.9. The Kier molecular flexibility index (Phi) is 4.63. The summed E-state index contributed by atoms with van der Waals surface area (Å²) in [4.78, 5) is 0.0821. The molecule has 0 atom stereocenters. The summed E-state index contributed by atoms with van der Waals surface area (Å²) in [7, 11) is -0.119. The minimum absolute atomic E-state index is 0.0821. The number of halogens is 1. The molecule has 0 bridgehead atoms. The molecule has 7 nitrogen and oxygen atoms in total. The van der Waals surface area contributed by atoms with Crippen molar-refractivity contribution >= 4 is 26.0 Å². The van der Waals surface area contributed by atoms with Crippen LogP contribution < -0.4 is 10.0 Å². The zero-order valence-corrected chi connectivity index (χ0v) is 13.5. The molecule has 0 aliphatic carbocycles. The van der Waals surface area contributed by atoms with Gasteiger partial charge in [-0.25, -0.2) is 13.1 Å². The van der Waals surface area contributed by atoms with Gasteiger partial charge in [0.25, 0.3) is 0 Å². The Morgan fingerprint density at radius 3 is 2.80 bits per heavy atom. The first kappa shape index (κ1) is 15.2. The van der Waals surface area contributed by atoms with Gasteiger partial charge in [-0.1, -0.05) is 0 Å². The Hall–Kier alpha value is -1.16. The molecule has 0 amide bonds. The van der Waals surface area contributed by atoms with Crippen LogP contribution in [0, 0.1) is 0 Å². The summed E-state index contributed by atoms with van der Waals surface area (Å²) < 4.78 is 34.0. The van der Waals surface area contributed by atoms with Crippen LogP contribution in [0.25, 0.3) is 0 Å². The van der Waals surface area contributed by atoms with Gasteiger partial charge in [0.05, 0.1) is 18.8 Å². The van der Waals surface area contributed by atoms with Gasteiger partial charge in [0.2, 0.25) is 10.0 Å². The second-order valence-electron chi connectivity index (χ2n) is 4.19. The first-order valence-electron chi connectivity index (χ1n) is 5.83. The molecule has 0 unspecified atom stereocenters. The van der Waals surface area contributed by atoms with Gasteiger partial charge in [-0.15, -0.1) is 0 Å². The number of hydrogen-bond donors (Lipinski definition) is 2. The molecule has 2 rings (SSSR count). The molecule has 2 heterocycles. The van der Waals surface area contributed by atoms with Gasteiger partial charge in [-0.2, -0.15) is 5.10 Å². The topological polar surface area (TPSA) is 89.2 Å². The predicted molar refractivity (Wildman–Crippen MR) is 76.4 cm³/mol. The molecule has 0 saturated carbocycles. The SMILES string of the molecule is CNCc1cc(S(=O)(=O)NCc2ccn(C)n2)c(Br)o1. The lowest BCUT2D eigenvalue weighted by atomic mass is 10.4. The lowest BCUT2D eigenvalue weighted by Gasteiger charge is -2.02. The largest absolute Gasteiger partial charge is 0.452 e. The lowest BCUT2D eigenvalue weighted by molar-refractivity contribution is 0.470. The molecule has 0 radical (unpaired) electrons. The van der Waals surface area contributed by atoms with Crippen molar-refractivity contribution in [3.63, 3.8) is 0 Å². The minimum atomic E-state index is -3.65. The third kappa shape index (κ3) is 3.48. The maximum atomic E-state index is 12.2. The molecular formula is C11H15BrN4O3S. The van der Waals surface area contributed by atoms with E-state index in [0.29, 0.717) is 18.0 Å². The third-order valence-electron chi connectivity index (χ3n) is 2.56. The molecule has 2 aromatic rings. The van der Waals surface area contributed by atoms with Gasteiger partial charge in [-0.05, 0) is 29.0 Å². The van der Waals surface area contributed by atoms with E-state index in [1.807, 2.05) is 0 Å². The van der Waals surface area contributed by atoms with Crippen LogP contribution in [0.3, 0.4) is 0 Å². The lowest BCUT2D eigenvalue weighted by Crippen LogP contribution is -2.23. The highest BCUT2D eigenvalue weighted by Gasteiger charge is 2.22. The fourth-order valence-corrected chi connectivity index (χ4v) is 3.64. The zero-order valence-electron chi connectivity index (χ0n) is 11.1. The van der Waals surface area contributed by atoms with E-state index < -0.39 is 10.0 Å². The summed E-state index contributed by atoms with van der Waals surface area (Å²) in [5, 5.41) is 7.00. The maximum absolute atomic E-state index is 12.2. The number of nitrogens with zero attached hydrogens (tertiary/aromatic N) is 2. The monoisotopic (exact) mass is 362 g/mol. The highest BCUT2D eigenvalue weighted by molar-refractivity contribution is 9.10. The number of hydrogen-bond acceptors (Lipinski definition) is 5. The molecule has 110 valence electrons. The molecule has 2 N–H and O–H groups in total. The Morgan fingerprint density at radius 1 is 1.45 bits per heavy atom. The summed E-state index contributed by atoms with van der Waals surface area (Å²) in [6.45, 7) is 0.580. The maximum Gasteiger partial charge on any atom is 0.245 e. The van der Waals surface area contributed by atoms with Crippen molar-refractivity contribution in [1.29, 1.82) is 0 Å². The van der Waals surface area contributed by atoms with E-state index in [2.05, 4.69) is 31.1 Å². The van der Waals surface area contributed by atoms with Crippen LogP contribution in [-0.2, 0) is 30.2 Å². The van der Waals surface area contributed by atoms with Gasteiger partial charge in [0.1, 0.15) is 10.7 Å². The molecule has 0 aliphatic heterocycles. The zero-order chi connectivity index (χ0) is 14.8. The van der Waals surface area contributed by atoms with Crippen LogP contribution in [0.15, 0.2) is 32.3 Å². The van der Waals surface area contributed by atoms with Crippen LogP contribution in [0.1, 0.15) is 11.5 Å². The molecule has 2 aromatic heterocycles. The first-order chi connectivity index (χ1) is 9.42. The van der Waals surface area contributed by atoms with E-state index in [9.17, 15) is 8.42 Å². The van der Waals surface area contributed by atoms with E-state index in [0.717, 1.165) is 0 Å². The summed E-state index contributed by atoms with van der Waals surface area (Å²) in [6.07, 6.45) is 1.75. The Labute approximate surface area is 125 Å². The average molecular weight is 363 g/mol. The van der Waals surface area contributed by atoms with Crippen LogP contribution in [0.4, 0.5) is 0 Å². The fourth-order valence-electron chi connectivity index (χ4n) is 1.65. The normalized spacial score (nSPS) is 11.9. The minimum Gasteiger partial charge on any atom is -0.452 e. The molecule has 0 aliphatic rings. The third-order valence-corrected chi connectivity index (χ3v) is 4.82. The predicted octanol–water partition coefficient (Wildman–Crippen LogP) is 0.973. The molecule has 20 heavy (non-hydrogen) atoms. The van der Waals surface area contributed by atoms with Gasteiger partial charge >= 0.3 is 0 Å². The van der Waals surface area contributed by atoms with Crippen molar-refractivity contribution in [3.05, 3.63) is 34.5 Å². The quantitative estimate of drug-likeness (QED) is 0.799. The molecule has 0 saturated heterocycles. The highest BCUT2D eigenvalue weighted by Crippen LogP contribution is 2.26. The number of aromatic nitrogens is 2. The van der Waals surface area contributed by atoms with Crippen molar-refractivity contribution in [2.75, 3.05) is 7.05 Å².